The van der Waals surface area contributed by atoms with Gasteiger partial charge in [0.2, 0.25) is 0 Å². The Kier molecular flexibility index (Phi) is 6.81. The average Bonchev–Trinajstić information content (AvgIpc) is 3.23. The second-order valence-electron chi connectivity index (χ2n) is 7.77. The van der Waals surface area contributed by atoms with Crippen LogP contribution in [-0.4, -0.2) is 21.9 Å². The van der Waals surface area contributed by atoms with Crippen LogP contribution in [0.5, 0.6) is 0 Å². The molecule has 3 aromatic carbocycles. The highest BCUT2D eigenvalue weighted by molar-refractivity contribution is 6.40. The van der Waals surface area contributed by atoms with Crippen LogP contribution in [0.2, 0.25) is 5.02 Å². The minimum atomic E-state index is -4.58. The number of carbonyl (C=O) groups is 2. The van der Waals surface area contributed by atoms with Gasteiger partial charge in [0.15, 0.2) is 0 Å². The number of hydrogen-bond donors (Lipinski definition) is 4. The summed E-state index contributed by atoms with van der Waals surface area (Å²) < 4.78 is 38.5. The van der Waals surface area contributed by atoms with E-state index in [2.05, 4.69) is 15.6 Å². The molecule has 4 N–H and O–H groups in total. The van der Waals surface area contributed by atoms with E-state index in [4.69, 9.17) is 11.6 Å². The third kappa shape index (κ3) is 5.47. The van der Waals surface area contributed by atoms with E-state index in [1.807, 2.05) is 36.4 Å². The van der Waals surface area contributed by atoms with Gasteiger partial charge < -0.3 is 20.7 Å². The predicted molar refractivity (Wildman–Crippen MR) is 127 cm³/mol. The molecule has 0 fully saturated rings. The summed E-state index contributed by atoms with van der Waals surface area (Å²) in [4.78, 5) is 27.7. The van der Waals surface area contributed by atoms with E-state index >= 15 is 0 Å². The van der Waals surface area contributed by atoms with Gasteiger partial charge in [-0.3, -0.25) is 9.59 Å². The van der Waals surface area contributed by atoms with Gasteiger partial charge in [-0.1, -0.05) is 41.9 Å². The molecule has 0 saturated carbocycles. The fourth-order valence-corrected chi connectivity index (χ4v) is 3.90. The van der Waals surface area contributed by atoms with E-state index in [0.717, 1.165) is 34.3 Å². The quantitative estimate of drug-likeness (QED) is 0.281. The number of hydrogen-bond acceptors (Lipinski definition) is 3. The Hall–Kier alpha value is -3.82. The van der Waals surface area contributed by atoms with Gasteiger partial charge in [0.05, 0.1) is 22.9 Å². The van der Waals surface area contributed by atoms with E-state index in [-0.39, 0.29) is 13.2 Å². The first-order chi connectivity index (χ1) is 16.7. The zero-order valence-corrected chi connectivity index (χ0v) is 18.8. The van der Waals surface area contributed by atoms with Crippen LogP contribution in [0.15, 0.2) is 66.9 Å². The number of aromatic amines is 1. The lowest BCUT2D eigenvalue weighted by atomic mass is 10.0. The summed E-state index contributed by atoms with van der Waals surface area (Å²) in [5, 5.41) is 14.5. The minimum absolute atomic E-state index is 0.0880. The monoisotopic (exact) mass is 501 g/mol. The van der Waals surface area contributed by atoms with Crippen molar-refractivity contribution in [3.05, 3.63) is 88.6 Å². The second-order valence-corrected chi connectivity index (χ2v) is 8.18. The maximum absolute atomic E-state index is 12.8. The van der Waals surface area contributed by atoms with Gasteiger partial charge >= 0.3 is 18.0 Å². The first kappa shape index (κ1) is 24.3. The van der Waals surface area contributed by atoms with Crippen LogP contribution in [0.1, 0.15) is 16.7 Å². The Labute approximate surface area is 202 Å². The number of aromatic nitrogens is 1. The lowest BCUT2D eigenvalue weighted by molar-refractivity contribution is -0.137. The van der Waals surface area contributed by atoms with Crippen LogP contribution < -0.4 is 10.6 Å². The topological polar surface area (TPSA) is 94.2 Å². The van der Waals surface area contributed by atoms with E-state index in [9.17, 15) is 27.9 Å². The van der Waals surface area contributed by atoms with Gasteiger partial charge in [0, 0.05) is 23.6 Å². The SMILES string of the molecule is O=C(NCc1ccc(C(F)(F)F)c(Cl)c1)C(=O)Nc1c[nH]c2ccc(-c3cccc(CO)c3)cc12. The number of benzene rings is 3. The highest BCUT2D eigenvalue weighted by Gasteiger charge is 2.33. The number of halogens is 4. The average molecular weight is 502 g/mol. The summed E-state index contributed by atoms with van der Waals surface area (Å²) in [6.07, 6.45) is -3.03. The van der Waals surface area contributed by atoms with Crippen LogP contribution in [0.4, 0.5) is 18.9 Å². The zero-order valence-electron chi connectivity index (χ0n) is 18.0. The van der Waals surface area contributed by atoms with Gasteiger partial charge in [-0.15, -0.1) is 0 Å². The molecule has 0 atom stereocenters. The van der Waals surface area contributed by atoms with Crippen molar-refractivity contribution < 1.29 is 27.9 Å². The van der Waals surface area contributed by atoms with Crippen molar-refractivity contribution in [2.24, 2.45) is 0 Å². The fourth-order valence-electron chi connectivity index (χ4n) is 3.59. The summed E-state index contributed by atoms with van der Waals surface area (Å²) in [5.74, 6) is -1.89. The number of carbonyl (C=O) groups excluding carboxylic acids is 2. The number of anilines is 1. The Balaban J connectivity index is 1.45. The fraction of sp³-hybridized carbons (Fsp3) is 0.120. The molecule has 0 aliphatic carbocycles. The number of aliphatic hydroxyl groups excluding tert-OH is 1. The molecule has 1 heterocycles. The maximum Gasteiger partial charge on any atom is 0.417 e. The molecule has 4 aromatic rings. The first-order valence-corrected chi connectivity index (χ1v) is 10.8. The number of aliphatic hydroxyl groups is 1. The van der Waals surface area contributed by atoms with Crippen LogP contribution in [0.25, 0.3) is 22.0 Å². The number of rotatable bonds is 5. The lowest BCUT2D eigenvalue weighted by Crippen LogP contribution is -2.34. The zero-order chi connectivity index (χ0) is 25.2. The lowest BCUT2D eigenvalue weighted by Gasteiger charge is -2.11. The van der Waals surface area contributed by atoms with E-state index in [1.165, 1.54) is 6.07 Å². The first-order valence-electron chi connectivity index (χ1n) is 10.4. The van der Waals surface area contributed by atoms with Crippen molar-refractivity contribution in [2.45, 2.75) is 19.3 Å². The van der Waals surface area contributed by atoms with Gasteiger partial charge in [-0.25, -0.2) is 0 Å². The highest BCUT2D eigenvalue weighted by Crippen LogP contribution is 2.35. The van der Waals surface area contributed by atoms with Crippen molar-refractivity contribution in [1.29, 1.82) is 0 Å². The van der Waals surface area contributed by atoms with E-state index in [0.29, 0.717) is 16.6 Å². The van der Waals surface area contributed by atoms with Crippen molar-refractivity contribution in [1.82, 2.24) is 10.3 Å². The number of alkyl halides is 3. The molecule has 0 saturated heterocycles. The molecule has 1 aromatic heterocycles. The summed E-state index contributed by atoms with van der Waals surface area (Å²) in [5.41, 5.74) is 2.95. The van der Waals surface area contributed by atoms with Crippen molar-refractivity contribution in [3.63, 3.8) is 0 Å². The molecule has 0 unspecified atom stereocenters. The summed E-state index contributed by atoms with van der Waals surface area (Å²) >= 11 is 5.69. The number of fused-ring (bicyclic) bond motifs is 1. The van der Waals surface area contributed by atoms with Gasteiger partial charge in [0.25, 0.3) is 0 Å². The smallest absolute Gasteiger partial charge is 0.392 e. The Morgan fingerprint density at radius 3 is 2.43 bits per heavy atom. The molecule has 2 amide bonds. The number of nitrogens with one attached hydrogen (secondary N) is 3. The minimum Gasteiger partial charge on any atom is -0.392 e. The van der Waals surface area contributed by atoms with Gasteiger partial charge in [-0.05, 0) is 52.6 Å². The van der Waals surface area contributed by atoms with Crippen molar-refractivity contribution >= 4 is 40.0 Å². The van der Waals surface area contributed by atoms with Gasteiger partial charge in [-0.2, -0.15) is 13.2 Å². The third-order valence-electron chi connectivity index (χ3n) is 5.37. The van der Waals surface area contributed by atoms with E-state index in [1.54, 1.807) is 12.3 Å². The summed E-state index contributed by atoms with van der Waals surface area (Å²) in [7, 11) is 0. The van der Waals surface area contributed by atoms with Gasteiger partial charge in [0.1, 0.15) is 0 Å². The van der Waals surface area contributed by atoms with Crippen LogP contribution in [-0.2, 0) is 28.9 Å². The standard InChI is InChI=1S/C25H19ClF3N3O3/c26-20-9-14(4-6-19(20)25(27,28)29)11-31-23(34)24(35)32-22-12-30-21-7-5-17(10-18(21)22)16-3-1-2-15(8-16)13-33/h1-10,12,30,33H,11,13H2,(H,31,34)(H,32,35). The van der Waals surface area contributed by atoms with Crippen LogP contribution >= 0.6 is 11.6 Å². The molecular formula is C25H19ClF3N3O3. The number of amides is 2. The summed E-state index contributed by atoms with van der Waals surface area (Å²) in [6.45, 7) is -0.265. The molecule has 180 valence electrons. The molecule has 0 radical (unpaired) electrons. The Bertz CT molecular complexity index is 1420. The third-order valence-corrected chi connectivity index (χ3v) is 5.68. The van der Waals surface area contributed by atoms with Crippen LogP contribution in [0, 0.1) is 0 Å². The number of H-pyrrole nitrogens is 1. The highest BCUT2D eigenvalue weighted by atomic mass is 35.5. The van der Waals surface area contributed by atoms with Crippen molar-refractivity contribution in [2.75, 3.05) is 5.32 Å². The molecule has 35 heavy (non-hydrogen) atoms. The molecule has 0 bridgehead atoms. The maximum atomic E-state index is 12.8. The Morgan fingerprint density at radius 2 is 1.71 bits per heavy atom. The van der Waals surface area contributed by atoms with Crippen LogP contribution in [0.3, 0.4) is 0 Å². The second kappa shape index (κ2) is 9.81. The molecule has 4 rings (SSSR count). The van der Waals surface area contributed by atoms with Crippen molar-refractivity contribution in [3.8, 4) is 11.1 Å². The molecular weight excluding hydrogens is 483 g/mol. The molecule has 0 aliphatic heterocycles. The predicted octanol–water partition coefficient (Wildman–Crippen LogP) is 5.25. The largest absolute Gasteiger partial charge is 0.417 e. The molecule has 10 heteroatoms. The normalized spacial score (nSPS) is 11.5. The summed E-state index contributed by atoms with van der Waals surface area (Å²) in [6, 6.07) is 16.1. The molecule has 0 aliphatic rings. The molecule has 0 spiro atoms. The van der Waals surface area contributed by atoms with E-state index < -0.39 is 28.6 Å². The Morgan fingerprint density at radius 1 is 0.943 bits per heavy atom. The molecule has 6 nitrogen and oxygen atoms in total.